The van der Waals surface area contributed by atoms with E-state index in [4.69, 9.17) is 9.47 Å². The zero-order valence-electron chi connectivity index (χ0n) is 11.1. The Kier molecular flexibility index (Phi) is 7.75. The van der Waals surface area contributed by atoms with E-state index in [1.807, 2.05) is 6.92 Å². The van der Waals surface area contributed by atoms with E-state index in [1.165, 1.54) is 0 Å². The number of aliphatic imine (C=N–C) groups is 1. The molecule has 0 bridgehead atoms. The van der Waals surface area contributed by atoms with Crippen molar-refractivity contribution in [1.82, 2.24) is 10.2 Å². The first-order valence-corrected chi connectivity index (χ1v) is 6.57. The molecular formula is C12H25N3O2. The average molecular weight is 243 g/mol. The molecule has 0 aromatic rings. The molecule has 0 unspecified atom stereocenters. The molecule has 1 rings (SSSR count). The van der Waals surface area contributed by atoms with E-state index in [0.717, 1.165) is 65.0 Å². The van der Waals surface area contributed by atoms with E-state index in [0.29, 0.717) is 0 Å². The van der Waals surface area contributed by atoms with Gasteiger partial charge in [0, 0.05) is 39.4 Å². The number of ether oxygens (including phenoxy) is 2. The fourth-order valence-electron chi connectivity index (χ4n) is 1.70. The Balaban J connectivity index is 2.31. The lowest BCUT2D eigenvalue weighted by Crippen LogP contribution is -2.47. The van der Waals surface area contributed by atoms with Crippen LogP contribution in [-0.2, 0) is 9.47 Å². The van der Waals surface area contributed by atoms with Gasteiger partial charge in [-0.1, -0.05) is 0 Å². The minimum absolute atomic E-state index is 0.785. The van der Waals surface area contributed by atoms with Crippen molar-refractivity contribution >= 4 is 5.96 Å². The molecule has 100 valence electrons. The first-order valence-electron chi connectivity index (χ1n) is 6.57. The van der Waals surface area contributed by atoms with Crippen LogP contribution >= 0.6 is 0 Å². The Hall–Kier alpha value is -0.810. The third-order valence-corrected chi connectivity index (χ3v) is 2.56. The van der Waals surface area contributed by atoms with E-state index >= 15 is 0 Å². The highest BCUT2D eigenvalue weighted by Gasteiger charge is 2.13. The van der Waals surface area contributed by atoms with Gasteiger partial charge in [0.15, 0.2) is 5.96 Å². The fourth-order valence-corrected chi connectivity index (χ4v) is 1.70. The fraction of sp³-hybridized carbons (Fsp3) is 0.917. The van der Waals surface area contributed by atoms with Crippen LogP contribution in [0.4, 0.5) is 0 Å². The van der Waals surface area contributed by atoms with Crippen molar-refractivity contribution in [3.63, 3.8) is 0 Å². The maximum absolute atomic E-state index is 5.34. The first kappa shape index (κ1) is 14.3. The largest absolute Gasteiger partial charge is 0.382 e. The Bertz CT molecular complexity index is 216. The zero-order chi connectivity index (χ0) is 12.3. The topological polar surface area (TPSA) is 46.1 Å². The van der Waals surface area contributed by atoms with Gasteiger partial charge in [0.05, 0.1) is 13.2 Å². The minimum Gasteiger partial charge on any atom is -0.382 e. The van der Waals surface area contributed by atoms with Crippen LogP contribution in [0.1, 0.15) is 20.3 Å². The second kappa shape index (κ2) is 9.24. The van der Waals surface area contributed by atoms with Crippen molar-refractivity contribution in [2.45, 2.75) is 20.3 Å². The SMILES string of the molecule is CCNC(=NCCCOCC)N1CCOCC1. The molecule has 0 radical (unpaired) electrons. The zero-order valence-corrected chi connectivity index (χ0v) is 11.1. The number of morpholine rings is 1. The summed E-state index contributed by atoms with van der Waals surface area (Å²) >= 11 is 0. The van der Waals surface area contributed by atoms with Crippen LogP contribution in [0.25, 0.3) is 0 Å². The highest BCUT2D eigenvalue weighted by atomic mass is 16.5. The monoisotopic (exact) mass is 243 g/mol. The molecule has 1 aliphatic rings. The molecule has 1 saturated heterocycles. The molecule has 0 amide bonds. The molecule has 0 atom stereocenters. The van der Waals surface area contributed by atoms with E-state index in [-0.39, 0.29) is 0 Å². The molecule has 0 aromatic heterocycles. The first-order chi connectivity index (χ1) is 8.38. The summed E-state index contributed by atoms with van der Waals surface area (Å²) < 4.78 is 10.6. The summed E-state index contributed by atoms with van der Waals surface area (Å²) in [6, 6.07) is 0. The predicted octanol–water partition coefficient (Wildman–Crippen LogP) is 0.711. The number of nitrogens with one attached hydrogen (secondary N) is 1. The van der Waals surface area contributed by atoms with Crippen LogP contribution in [0.5, 0.6) is 0 Å². The molecule has 1 aliphatic heterocycles. The Morgan fingerprint density at radius 3 is 2.76 bits per heavy atom. The van der Waals surface area contributed by atoms with Crippen LogP contribution in [0.2, 0.25) is 0 Å². The molecule has 1 N–H and O–H groups in total. The summed E-state index contributed by atoms with van der Waals surface area (Å²) in [6.07, 6.45) is 0.979. The molecular weight excluding hydrogens is 218 g/mol. The summed E-state index contributed by atoms with van der Waals surface area (Å²) in [5.41, 5.74) is 0. The lowest BCUT2D eigenvalue weighted by molar-refractivity contribution is 0.0664. The van der Waals surface area contributed by atoms with Gasteiger partial charge in [-0.25, -0.2) is 0 Å². The number of rotatable bonds is 6. The van der Waals surface area contributed by atoms with Gasteiger partial charge in [-0.05, 0) is 20.3 Å². The molecule has 0 aromatic carbocycles. The summed E-state index contributed by atoms with van der Waals surface area (Å²) in [5.74, 6) is 1.01. The third kappa shape index (κ3) is 5.89. The van der Waals surface area contributed by atoms with Gasteiger partial charge < -0.3 is 19.7 Å². The molecule has 1 heterocycles. The average Bonchev–Trinajstić information content (AvgIpc) is 2.38. The van der Waals surface area contributed by atoms with E-state index < -0.39 is 0 Å². The van der Waals surface area contributed by atoms with Gasteiger partial charge in [-0.15, -0.1) is 0 Å². The second-order valence-electron chi connectivity index (χ2n) is 3.89. The smallest absolute Gasteiger partial charge is 0.194 e. The maximum atomic E-state index is 5.34. The van der Waals surface area contributed by atoms with Gasteiger partial charge in [0.25, 0.3) is 0 Å². The summed E-state index contributed by atoms with van der Waals surface area (Å²) in [7, 11) is 0. The summed E-state index contributed by atoms with van der Waals surface area (Å²) in [6.45, 7) is 10.9. The minimum atomic E-state index is 0.785. The molecule has 5 heteroatoms. The Labute approximate surface area is 104 Å². The van der Waals surface area contributed by atoms with Crippen molar-refractivity contribution in [3.05, 3.63) is 0 Å². The molecule has 1 fully saturated rings. The van der Waals surface area contributed by atoms with Crippen LogP contribution in [-0.4, -0.2) is 63.5 Å². The van der Waals surface area contributed by atoms with Crippen molar-refractivity contribution < 1.29 is 9.47 Å². The molecule has 17 heavy (non-hydrogen) atoms. The second-order valence-corrected chi connectivity index (χ2v) is 3.89. The van der Waals surface area contributed by atoms with Gasteiger partial charge in [0.2, 0.25) is 0 Å². The van der Waals surface area contributed by atoms with Crippen molar-refractivity contribution in [2.75, 3.05) is 52.6 Å². The van der Waals surface area contributed by atoms with Gasteiger partial charge in [0.1, 0.15) is 0 Å². The van der Waals surface area contributed by atoms with Crippen LogP contribution in [0.3, 0.4) is 0 Å². The quantitative estimate of drug-likeness (QED) is 0.424. The van der Waals surface area contributed by atoms with Gasteiger partial charge >= 0.3 is 0 Å². The molecule has 0 aliphatic carbocycles. The lowest BCUT2D eigenvalue weighted by Gasteiger charge is -2.30. The van der Waals surface area contributed by atoms with E-state index in [9.17, 15) is 0 Å². The highest BCUT2D eigenvalue weighted by molar-refractivity contribution is 5.80. The van der Waals surface area contributed by atoms with Gasteiger partial charge in [-0.2, -0.15) is 0 Å². The van der Waals surface area contributed by atoms with E-state index in [2.05, 4.69) is 22.1 Å². The summed E-state index contributed by atoms with van der Waals surface area (Å²) in [5, 5.41) is 3.32. The predicted molar refractivity (Wildman–Crippen MR) is 69.5 cm³/mol. The third-order valence-electron chi connectivity index (χ3n) is 2.56. The number of hydrogen-bond donors (Lipinski definition) is 1. The highest BCUT2D eigenvalue weighted by Crippen LogP contribution is 1.98. The van der Waals surface area contributed by atoms with Crippen molar-refractivity contribution in [2.24, 2.45) is 4.99 Å². The number of nitrogens with zero attached hydrogens (tertiary/aromatic N) is 2. The Morgan fingerprint density at radius 1 is 1.35 bits per heavy atom. The van der Waals surface area contributed by atoms with E-state index in [1.54, 1.807) is 0 Å². The van der Waals surface area contributed by atoms with Crippen molar-refractivity contribution in [1.29, 1.82) is 0 Å². The van der Waals surface area contributed by atoms with Crippen molar-refractivity contribution in [3.8, 4) is 0 Å². The summed E-state index contributed by atoms with van der Waals surface area (Å²) in [4.78, 5) is 6.86. The molecule has 0 saturated carbocycles. The maximum Gasteiger partial charge on any atom is 0.194 e. The molecule has 0 spiro atoms. The molecule has 5 nitrogen and oxygen atoms in total. The van der Waals surface area contributed by atoms with Crippen LogP contribution in [0.15, 0.2) is 4.99 Å². The van der Waals surface area contributed by atoms with Gasteiger partial charge in [-0.3, -0.25) is 4.99 Å². The standard InChI is InChI=1S/C12H25N3O2/c1-3-13-12(14-6-5-9-16-4-2)15-7-10-17-11-8-15/h3-11H2,1-2H3,(H,13,14). The normalized spacial score (nSPS) is 17.3. The van der Waals surface area contributed by atoms with Crippen LogP contribution in [0, 0.1) is 0 Å². The number of hydrogen-bond acceptors (Lipinski definition) is 3. The Morgan fingerprint density at radius 2 is 2.12 bits per heavy atom. The van der Waals surface area contributed by atoms with Crippen LogP contribution < -0.4 is 5.32 Å². The number of guanidine groups is 1. The lowest BCUT2D eigenvalue weighted by atomic mass is 10.4.